The second-order valence-corrected chi connectivity index (χ2v) is 4.03. The second-order valence-electron chi connectivity index (χ2n) is 4.03. The van der Waals surface area contributed by atoms with Gasteiger partial charge in [0.25, 0.3) is 0 Å². The lowest BCUT2D eigenvalue weighted by atomic mass is 10.1. The Morgan fingerprint density at radius 3 is 2.56 bits per heavy atom. The van der Waals surface area contributed by atoms with Crippen molar-refractivity contribution in [1.82, 2.24) is 0 Å². The van der Waals surface area contributed by atoms with Crippen molar-refractivity contribution in [3.63, 3.8) is 0 Å². The van der Waals surface area contributed by atoms with Gasteiger partial charge in [0.05, 0.1) is 16.9 Å². The van der Waals surface area contributed by atoms with Crippen LogP contribution in [-0.2, 0) is 0 Å². The number of aryl methyl sites for hydroxylation is 1. The lowest BCUT2D eigenvalue weighted by Crippen LogP contribution is -1.97. The van der Waals surface area contributed by atoms with Gasteiger partial charge in [0.15, 0.2) is 0 Å². The van der Waals surface area contributed by atoms with Crippen molar-refractivity contribution >= 4 is 17.1 Å². The van der Waals surface area contributed by atoms with Gasteiger partial charge in [0.1, 0.15) is 11.9 Å². The molecule has 0 aliphatic carbocycles. The van der Waals surface area contributed by atoms with Crippen LogP contribution in [0.5, 0.6) is 0 Å². The normalized spacial score (nSPS) is 9.83. The maximum atomic E-state index is 13.7. The highest BCUT2D eigenvalue weighted by Gasteiger charge is 2.06. The molecule has 0 saturated heterocycles. The molecule has 0 radical (unpaired) electrons. The molecule has 0 heterocycles. The minimum atomic E-state index is -0.351. The van der Waals surface area contributed by atoms with E-state index in [0.29, 0.717) is 22.6 Å². The molecule has 0 aliphatic heterocycles. The van der Waals surface area contributed by atoms with Gasteiger partial charge in [-0.25, -0.2) is 4.39 Å². The van der Waals surface area contributed by atoms with E-state index in [-0.39, 0.29) is 5.82 Å². The number of nitrogens with two attached hydrogens (primary N) is 1. The third kappa shape index (κ3) is 2.41. The molecule has 4 heteroatoms. The summed E-state index contributed by atoms with van der Waals surface area (Å²) in [6, 6.07) is 11.8. The zero-order valence-corrected chi connectivity index (χ0v) is 9.87. The molecule has 0 saturated carbocycles. The molecule has 0 atom stereocenters. The standard InChI is InChI=1S/C14H12FN3/c1-9-2-4-14(12(15)6-9)18-13-5-3-11(17)7-10(13)8-16/h2-7,18H,17H2,1H3. The van der Waals surface area contributed by atoms with Crippen LogP contribution < -0.4 is 11.1 Å². The number of nitriles is 1. The van der Waals surface area contributed by atoms with E-state index >= 15 is 0 Å². The average Bonchev–Trinajstić information content (AvgIpc) is 2.34. The highest BCUT2D eigenvalue weighted by Crippen LogP contribution is 2.24. The molecule has 2 aromatic carbocycles. The Kier molecular flexibility index (Phi) is 3.16. The molecule has 3 N–H and O–H groups in total. The van der Waals surface area contributed by atoms with Crippen molar-refractivity contribution in [3.05, 3.63) is 53.3 Å². The Balaban J connectivity index is 2.37. The number of hydrogen-bond acceptors (Lipinski definition) is 3. The number of nitrogens with one attached hydrogen (secondary N) is 1. The van der Waals surface area contributed by atoms with Crippen molar-refractivity contribution in [2.45, 2.75) is 6.92 Å². The molecule has 90 valence electrons. The molecule has 0 bridgehead atoms. The van der Waals surface area contributed by atoms with E-state index in [1.807, 2.05) is 13.0 Å². The van der Waals surface area contributed by atoms with E-state index in [2.05, 4.69) is 5.32 Å². The van der Waals surface area contributed by atoms with E-state index in [4.69, 9.17) is 11.0 Å². The SMILES string of the molecule is Cc1ccc(Nc2ccc(N)cc2C#N)c(F)c1. The summed E-state index contributed by atoms with van der Waals surface area (Å²) in [4.78, 5) is 0. The Morgan fingerprint density at radius 2 is 1.89 bits per heavy atom. The first-order valence-electron chi connectivity index (χ1n) is 5.43. The first-order chi connectivity index (χ1) is 8.60. The first kappa shape index (κ1) is 11.9. The van der Waals surface area contributed by atoms with Crippen molar-refractivity contribution in [2.24, 2.45) is 0 Å². The maximum Gasteiger partial charge on any atom is 0.146 e. The summed E-state index contributed by atoms with van der Waals surface area (Å²) in [5, 5.41) is 11.9. The molecule has 18 heavy (non-hydrogen) atoms. The predicted octanol–water partition coefficient (Wildman–Crippen LogP) is 3.33. The number of nitrogens with zero attached hydrogens (tertiary/aromatic N) is 1. The second kappa shape index (κ2) is 4.76. The monoisotopic (exact) mass is 241 g/mol. The Hall–Kier alpha value is -2.54. The van der Waals surface area contributed by atoms with E-state index in [1.54, 1.807) is 30.3 Å². The Bertz CT molecular complexity index is 629. The molecule has 0 aromatic heterocycles. The quantitative estimate of drug-likeness (QED) is 0.793. The average molecular weight is 241 g/mol. The highest BCUT2D eigenvalue weighted by atomic mass is 19.1. The summed E-state index contributed by atoms with van der Waals surface area (Å²) in [7, 11) is 0. The maximum absolute atomic E-state index is 13.7. The van der Waals surface area contributed by atoms with Gasteiger partial charge in [-0.1, -0.05) is 6.07 Å². The predicted molar refractivity (Wildman–Crippen MR) is 70.0 cm³/mol. The van der Waals surface area contributed by atoms with E-state index in [1.165, 1.54) is 6.07 Å². The van der Waals surface area contributed by atoms with Gasteiger partial charge in [-0.3, -0.25) is 0 Å². The van der Waals surface area contributed by atoms with Crippen LogP contribution in [0, 0.1) is 24.1 Å². The minimum Gasteiger partial charge on any atom is -0.399 e. The van der Waals surface area contributed by atoms with E-state index in [9.17, 15) is 4.39 Å². The van der Waals surface area contributed by atoms with Crippen LogP contribution in [0.1, 0.15) is 11.1 Å². The zero-order chi connectivity index (χ0) is 13.1. The molecule has 2 rings (SSSR count). The van der Waals surface area contributed by atoms with Crippen molar-refractivity contribution in [1.29, 1.82) is 5.26 Å². The molecular formula is C14H12FN3. The lowest BCUT2D eigenvalue weighted by Gasteiger charge is -2.10. The highest BCUT2D eigenvalue weighted by molar-refractivity contribution is 5.69. The summed E-state index contributed by atoms with van der Waals surface area (Å²) in [6.45, 7) is 1.82. The van der Waals surface area contributed by atoms with Crippen LogP contribution in [0.15, 0.2) is 36.4 Å². The van der Waals surface area contributed by atoms with Crippen LogP contribution in [0.25, 0.3) is 0 Å². The molecule has 0 amide bonds. The molecule has 0 aliphatic rings. The fraction of sp³-hybridized carbons (Fsp3) is 0.0714. The van der Waals surface area contributed by atoms with Crippen LogP contribution in [0.3, 0.4) is 0 Å². The van der Waals surface area contributed by atoms with Gasteiger partial charge in [-0.15, -0.1) is 0 Å². The molecule has 3 nitrogen and oxygen atoms in total. The lowest BCUT2D eigenvalue weighted by molar-refractivity contribution is 0.631. The summed E-state index contributed by atoms with van der Waals surface area (Å²) in [5.41, 5.74) is 8.19. The molecule has 0 fully saturated rings. The molecular weight excluding hydrogens is 229 g/mol. The fourth-order valence-electron chi connectivity index (χ4n) is 1.63. The molecule has 0 spiro atoms. The summed E-state index contributed by atoms with van der Waals surface area (Å²) in [5.74, 6) is -0.351. The first-order valence-corrected chi connectivity index (χ1v) is 5.43. The zero-order valence-electron chi connectivity index (χ0n) is 9.87. The topological polar surface area (TPSA) is 61.8 Å². The van der Waals surface area contributed by atoms with Gasteiger partial charge in [0.2, 0.25) is 0 Å². The van der Waals surface area contributed by atoms with Gasteiger partial charge in [0, 0.05) is 5.69 Å². The van der Waals surface area contributed by atoms with Crippen molar-refractivity contribution in [2.75, 3.05) is 11.1 Å². The van der Waals surface area contributed by atoms with Crippen LogP contribution in [-0.4, -0.2) is 0 Å². The molecule has 0 unspecified atom stereocenters. The van der Waals surface area contributed by atoms with Crippen molar-refractivity contribution in [3.8, 4) is 6.07 Å². The Labute approximate surface area is 105 Å². The minimum absolute atomic E-state index is 0.335. The van der Waals surface area contributed by atoms with Crippen LogP contribution >= 0.6 is 0 Å². The largest absolute Gasteiger partial charge is 0.399 e. The van der Waals surface area contributed by atoms with Crippen LogP contribution in [0.2, 0.25) is 0 Å². The van der Waals surface area contributed by atoms with Gasteiger partial charge < -0.3 is 11.1 Å². The van der Waals surface area contributed by atoms with Crippen LogP contribution in [0.4, 0.5) is 21.5 Å². The third-order valence-electron chi connectivity index (χ3n) is 2.56. The number of benzene rings is 2. The molecule has 2 aromatic rings. The van der Waals surface area contributed by atoms with Gasteiger partial charge >= 0.3 is 0 Å². The summed E-state index contributed by atoms with van der Waals surface area (Å²) >= 11 is 0. The Morgan fingerprint density at radius 1 is 1.17 bits per heavy atom. The number of hydrogen-bond donors (Lipinski definition) is 2. The smallest absolute Gasteiger partial charge is 0.146 e. The van der Waals surface area contributed by atoms with Crippen molar-refractivity contribution < 1.29 is 4.39 Å². The van der Waals surface area contributed by atoms with Gasteiger partial charge in [-0.2, -0.15) is 5.26 Å². The summed E-state index contributed by atoms with van der Waals surface area (Å²) < 4.78 is 13.7. The third-order valence-corrected chi connectivity index (χ3v) is 2.56. The number of anilines is 3. The van der Waals surface area contributed by atoms with E-state index < -0.39 is 0 Å². The number of nitrogen functional groups attached to an aromatic ring is 1. The fourth-order valence-corrected chi connectivity index (χ4v) is 1.63. The van der Waals surface area contributed by atoms with E-state index in [0.717, 1.165) is 5.56 Å². The summed E-state index contributed by atoms with van der Waals surface area (Å²) in [6.07, 6.45) is 0. The number of rotatable bonds is 2. The van der Waals surface area contributed by atoms with Gasteiger partial charge in [-0.05, 0) is 42.8 Å². The number of halogens is 1.